The van der Waals surface area contributed by atoms with Crippen molar-refractivity contribution in [3.05, 3.63) is 58.7 Å². The van der Waals surface area contributed by atoms with Gasteiger partial charge in [-0.25, -0.2) is 0 Å². The van der Waals surface area contributed by atoms with E-state index in [0.29, 0.717) is 21.8 Å². The van der Waals surface area contributed by atoms with Gasteiger partial charge in [-0.2, -0.15) is 5.26 Å². The van der Waals surface area contributed by atoms with E-state index >= 15 is 0 Å². The molecule has 1 saturated heterocycles. The van der Waals surface area contributed by atoms with Crippen LogP contribution in [0.5, 0.6) is 0 Å². The molecule has 138 valence electrons. The number of amides is 1. The van der Waals surface area contributed by atoms with Crippen LogP contribution in [-0.2, 0) is 4.79 Å². The predicted octanol–water partition coefficient (Wildman–Crippen LogP) is 3.02. The van der Waals surface area contributed by atoms with Crippen LogP contribution in [-0.4, -0.2) is 29.0 Å². The fraction of sp³-hybridized carbons (Fsp3) is 0.300. The molecule has 0 spiro atoms. The molecular weight excluding hydrogens is 364 g/mol. The number of nitriles is 1. The maximum absolute atomic E-state index is 13.1. The molecule has 2 aromatic rings. The molecule has 0 N–H and O–H groups in total. The number of aromatic nitrogens is 1. The number of carbonyl (C=O) groups is 2. The summed E-state index contributed by atoms with van der Waals surface area (Å²) >= 11 is 6.20. The smallest absolute Gasteiger partial charge is 0.237 e. The summed E-state index contributed by atoms with van der Waals surface area (Å²) in [6.45, 7) is 4.06. The number of anilines is 1. The summed E-state index contributed by atoms with van der Waals surface area (Å²) in [6, 6.07) is 12.4. The predicted molar refractivity (Wildman–Crippen MR) is 102 cm³/mol. The van der Waals surface area contributed by atoms with E-state index in [1.807, 2.05) is 19.9 Å². The van der Waals surface area contributed by atoms with Crippen molar-refractivity contribution in [3.8, 4) is 6.07 Å². The SMILES string of the molecule is CC(C)N=c1ccc(C#N)cn1C(=O)C1CC(=O)N(c2ccccc2Cl)C1. The molecule has 1 aliphatic rings. The molecule has 1 amide bonds. The van der Waals surface area contributed by atoms with Crippen molar-refractivity contribution in [2.24, 2.45) is 10.9 Å². The molecule has 1 atom stereocenters. The molecule has 2 heterocycles. The molecule has 0 radical (unpaired) electrons. The molecule has 0 aliphatic carbocycles. The second kappa shape index (κ2) is 7.77. The minimum Gasteiger partial charge on any atom is -0.310 e. The summed E-state index contributed by atoms with van der Waals surface area (Å²) in [4.78, 5) is 31.6. The Hall–Kier alpha value is -2.91. The van der Waals surface area contributed by atoms with Crippen LogP contribution in [0.2, 0.25) is 5.02 Å². The third kappa shape index (κ3) is 3.93. The molecule has 1 aliphatic heterocycles. The second-order valence-electron chi connectivity index (χ2n) is 6.68. The minimum atomic E-state index is -0.533. The first-order valence-corrected chi connectivity index (χ1v) is 9.04. The van der Waals surface area contributed by atoms with E-state index in [4.69, 9.17) is 16.9 Å². The van der Waals surface area contributed by atoms with Gasteiger partial charge in [0.05, 0.1) is 22.2 Å². The van der Waals surface area contributed by atoms with E-state index in [9.17, 15) is 9.59 Å². The Bertz CT molecular complexity index is 1000. The van der Waals surface area contributed by atoms with E-state index in [2.05, 4.69) is 4.99 Å². The summed E-state index contributed by atoms with van der Waals surface area (Å²) in [7, 11) is 0. The van der Waals surface area contributed by atoms with Crippen molar-refractivity contribution in [1.29, 1.82) is 5.26 Å². The van der Waals surface area contributed by atoms with Crippen molar-refractivity contribution < 1.29 is 9.59 Å². The van der Waals surface area contributed by atoms with Crippen LogP contribution < -0.4 is 10.4 Å². The maximum atomic E-state index is 13.1. The van der Waals surface area contributed by atoms with Crippen molar-refractivity contribution in [3.63, 3.8) is 0 Å². The molecular formula is C20H19ClN4O2. The van der Waals surface area contributed by atoms with Gasteiger partial charge in [-0.1, -0.05) is 23.7 Å². The van der Waals surface area contributed by atoms with E-state index in [1.54, 1.807) is 41.3 Å². The van der Waals surface area contributed by atoms with Gasteiger partial charge in [-0.3, -0.25) is 19.1 Å². The number of benzene rings is 1. The molecule has 0 bridgehead atoms. The Morgan fingerprint density at radius 1 is 1.30 bits per heavy atom. The lowest BCUT2D eigenvalue weighted by Gasteiger charge is -2.18. The Morgan fingerprint density at radius 2 is 2.04 bits per heavy atom. The van der Waals surface area contributed by atoms with Crippen molar-refractivity contribution >= 4 is 29.1 Å². The van der Waals surface area contributed by atoms with Crippen LogP contribution in [0, 0.1) is 17.2 Å². The van der Waals surface area contributed by atoms with Crippen LogP contribution >= 0.6 is 11.6 Å². The topological polar surface area (TPSA) is 78.5 Å². The fourth-order valence-corrected chi connectivity index (χ4v) is 3.32. The van der Waals surface area contributed by atoms with Crippen LogP contribution in [0.25, 0.3) is 0 Å². The number of rotatable bonds is 3. The second-order valence-corrected chi connectivity index (χ2v) is 7.08. The first-order valence-electron chi connectivity index (χ1n) is 8.66. The number of para-hydroxylation sites is 1. The molecule has 0 saturated carbocycles. The molecule has 1 unspecified atom stereocenters. The van der Waals surface area contributed by atoms with Crippen molar-refractivity contribution in [1.82, 2.24) is 4.57 Å². The minimum absolute atomic E-state index is 0.0122. The number of nitrogens with zero attached hydrogens (tertiary/aromatic N) is 4. The Balaban J connectivity index is 1.95. The van der Waals surface area contributed by atoms with Crippen molar-refractivity contribution in [2.75, 3.05) is 11.4 Å². The van der Waals surface area contributed by atoms with E-state index in [-0.39, 0.29) is 30.8 Å². The van der Waals surface area contributed by atoms with Gasteiger partial charge in [0.25, 0.3) is 0 Å². The summed E-state index contributed by atoms with van der Waals surface area (Å²) < 4.78 is 1.38. The van der Waals surface area contributed by atoms with E-state index in [1.165, 1.54) is 10.8 Å². The monoisotopic (exact) mass is 382 g/mol. The largest absolute Gasteiger partial charge is 0.310 e. The number of carbonyl (C=O) groups excluding carboxylic acids is 2. The zero-order chi connectivity index (χ0) is 19.6. The molecule has 1 fully saturated rings. The quantitative estimate of drug-likeness (QED) is 0.818. The van der Waals surface area contributed by atoms with Crippen LogP contribution in [0.15, 0.2) is 47.6 Å². The summed E-state index contributed by atoms with van der Waals surface area (Å²) in [5.41, 5.74) is 1.43. The van der Waals surface area contributed by atoms with E-state index < -0.39 is 5.92 Å². The zero-order valence-corrected chi connectivity index (χ0v) is 15.8. The van der Waals surface area contributed by atoms with Gasteiger partial charge in [0, 0.05) is 25.2 Å². The number of pyridine rings is 1. The average Bonchev–Trinajstić information content (AvgIpc) is 3.03. The van der Waals surface area contributed by atoms with Gasteiger partial charge in [-0.15, -0.1) is 0 Å². The lowest BCUT2D eigenvalue weighted by atomic mass is 10.1. The first-order chi connectivity index (χ1) is 12.9. The number of hydrogen-bond donors (Lipinski definition) is 0. The summed E-state index contributed by atoms with van der Waals surface area (Å²) in [5, 5.41) is 9.63. The highest BCUT2D eigenvalue weighted by molar-refractivity contribution is 6.33. The molecule has 1 aromatic heterocycles. The summed E-state index contributed by atoms with van der Waals surface area (Å²) in [5.74, 6) is -0.941. The van der Waals surface area contributed by atoms with E-state index in [0.717, 1.165) is 0 Å². The molecule has 1 aromatic carbocycles. The maximum Gasteiger partial charge on any atom is 0.237 e. The molecule has 7 heteroatoms. The first kappa shape index (κ1) is 18.9. The standard InChI is InChI=1S/C20H19ClN4O2/c1-13(2)23-18-8-7-14(10-22)11-25(18)20(27)15-9-19(26)24(12-15)17-6-4-3-5-16(17)21/h3-8,11,13,15H,9,12H2,1-2H3. The molecule has 27 heavy (non-hydrogen) atoms. The average molecular weight is 383 g/mol. The lowest BCUT2D eigenvalue weighted by molar-refractivity contribution is -0.117. The third-order valence-electron chi connectivity index (χ3n) is 4.30. The normalized spacial score (nSPS) is 17.4. The molecule has 3 rings (SSSR count). The highest BCUT2D eigenvalue weighted by Crippen LogP contribution is 2.31. The van der Waals surface area contributed by atoms with Gasteiger partial charge >= 0.3 is 0 Å². The van der Waals surface area contributed by atoms with Gasteiger partial charge in [0.15, 0.2) is 0 Å². The van der Waals surface area contributed by atoms with Crippen LogP contribution in [0.3, 0.4) is 0 Å². The van der Waals surface area contributed by atoms with Gasteiger partial charge in [0.2, 0.25) is 11.8 Å². The fourth-order valence-electron chi connectivity index (χ4n) is 3.08. The van der Waals surface area contributed by atoms with Crippen LogP contribution in [0.4, 0.5) is 5.69 Å². The van der Waals surface area contributed by atoms with Gasteiger partial charge in [0.1, 0.15) is 11.6 Å². The Kier molecular flexibility index (Phi) is 5.43. The van der Waals surface area contributed by atoms with Crippen molar-refractivity contribution in [2.45, 2.75) is 26.3 Å². The number of halogens is 1. The Labute approximate surface area is 162 Å². The molecule has 6 nitrogen and oxygen atoms in total. The third-order valence-corrected chi connectivity index (χ3v) is 4.62. The van der Waals surface area contributed by atoms with Gasteiger partial charge < -0.3 is 4.90 Å². The van der Waals surface area contributed by atoms with Gasteiger partial charge in [-0.05, 0) is 38.1 Å². The highest BCUT2D eigenvalue weighted by Gasteiger charge is 2.36. The highest BCUT2D eigenvalue weighted by atomic mass is 35.5. The number of hydrogen-bond acceptors (Lipinski definition) is 4. The lowest BCUT2D eigenvalue weighted by Crippen LogP contribution is -2.34. The van der Waals surface area contributed by atoms with Crippen LogP contribution in [0.1, 0.15) is 30.6 Å². The summed E-state index contributed by atoms with van der Waals surface area (Å²) in [6.07, 6.45) is 1.57. The zero-order valence-electron chi connectivity index (χ0n) is 15.1. The Morgan fingerprint density at radius 3 is 2.70 bits per heavy atom.